The molecule has 2 unspecified atom stereocenters. The molecule has 5 nitrogen and oxygen atoms in total. The molecule has 0 aliphatic carbocycles. The van der Waals surface area contributed by atoms with Gasteiger partial charge in [-0.2, -0.15) is 0 Å². The van der Waals surface area contributed by atoms with Crippen LogP contribution in [0, 0.1) is 17.8 Å². The van der Waals surface area contributed by atoms with Crippen molar-refractivity contribution in [3.63, 3.8) is 0 Å². The number of nitrogens with two attached hydrogens (primary N) is 1. The van der Waals surface area contributed by atoms with Gasteiger partial charge in [0.2, 0.25) is 5.91 Å². The van der Waals surface area contributed by atoms with Crippen LogP contribution in [-0.4, -0.2) is 30.1 Å². The second kappa shape index (κ2) is 8.06. The summed E-state index contributed by atoms with van der Waals surface area (Å²) >= 11 is 0. The SMILES string of the molecule is CC(C)CC(CNC(=O)C(C)CN)CC(=O)O. The molecule has 0 fully saturated rings. The molecule has 1 amide bonds. The monoisotopic (exact) mass is 244 g/mol. The van der Waals surface area contributed by atoms with Gasteiger partial charge in [0, 0.05) is 25.4 Å². The molecule has 2 atom stereocenters. The third-order valence-corrected chi connectivity index (χ3v) is 2.63. The molecule has 4 N–H and O–H groups in total. The lowest BCUT2D eigenvalue weighted by molar-refractivity contribution is -0.138. The Morgan fingerprint density at radius 2 is 1.88 bits per heavy atom. The van der Waals surface area contributed by atoms with Crippen LogP contribution >= 0.6 is 0 Å². The van der Waals surface area contributed by atoms with Gasteiger partial charge < -0.3 is 16.2 Å². The number of carbonyl (C=O) groups excluding carboxylic acids is 1. The Morgan fingerprint density at radius 1 is 1.29 bits per heavy atom. The molecule has 17 heavy (non-hydrogen) atoms. The molecule has 0 saturated heterocycles. The number of carboxylic acids is 1. The fourth-order valence-electron chi connectivity index (χ4n) is 1.68. The van der Waals surface area contributed by atoms with Gasteiger partial charge in [-0.1, -0.05) is 20.8 Å². The number of carboxylic acid groups (broad SMARTS) is 1. The summed E-state index contributed by atoms with van der Waals surface area (Å²) < 4.78 is 0. The van der Waals surface area contributed by atoms with Crippen molar-refractivity contribution in [2.45, 2.75) is 33.6 Å². The van der Waals surface area contributed by atoms with Gasteiger partial charge in [-0.25, -0.2) is 0 Å². The van der Waals surface area contributed by atoms with E-state index in [1.807, 2.05) is 13.8 Å². The molecular formula is C12H24N2O3. The smallest absolute Gasteiger partial charge is 0.303 e. The van der Waals surface area contributed by atoms with Crippen LogP contribution in [0.25, 0.3) is 0 Å². The Morgan fingerprint density at radius 3 is 2.29 bits per heavy atom. The molecule has 0 aliphatic rings. The predicted octanol–water partition coefficient (Wildman–Crippen LogP) is 0.834. The Bertz CT molecular complexity index is 254. The molecule has 0 radical (unpaired) electrons. The highest BCUT2D eigenvalue weighted by atomic mass is 16.4. The van der Waals surface area contributed by atoms with Gasteiger partial charge >= 0.3 is 5.97 Å². The van der Waals surface area contributed by atoms with E-state index in [2.05, 4.69) is 5.32 Å². The number of hydrogen-bond donors (Lipinski definition) is 3. The second-order valence-corrected chi connectivity index (χ2v) is 4.98. The predicted molar refractivity (Wildman–Crippen MR) is 66.4 cm³/mol. The van der Waals surface area contributed by atoms with Crippen molar-refractivity contribution in [1.29, 1.82) is 0 Å². The zero-order chi connectivity index (χ0) is 13.4. The maximum atomic E-state index is 11.5. The Kier molecular flexibility index (Phi) is 7.54. The van der Waals surface area contributed by atoms with E-state index in [0.29, 0.717) is 19.0 Å². The minimum atomic E-state index is -0.822. The minimum absolute atomic E-state index is 0.0126. The molecule has 0 bridgehead atoms. The first-order valence-electron chi connectivity index (χ1n) is 6.06. The van der Waals surface area contributed by atoms with Crippen LogP contribution < -0.4 is 11.1 Å². The molecule has 0 aromatic carbocycles. The van der Waals surface area contributed by atoms with E-state index in [9.17, 15) is 9.59 Å². The van der Waals surface area contributed by atoms with E-state index < -0.39 is 5.97 Å². The van der Waals surface area contributed by atoms with E-state index in [0.717, 1.165) is 6.42 Å². The van der Waals surface area contributed by atoms with Crippen LogP contribution in [0.3, 0.4) is 0 Å². The maximum Gasteiger partial charge on any atom is 0.303 e. The van der Waals surface area contributed by atoms with E-state index in [-0.39, 0.29) is 24.2 Å². The number of rotatable bonds is 8. The first-order valence-corrected chi connectivity index (χ1v) is 6.06. The van der Waals surface area contributed by atoms with E-state index >= 15 is 0 Å². The number of nitrogens with one attached hydrogen (secondary N) is 1. The molecule has 0 saturated carbocycles. The summed E-state index contributed by atoms with van der Waals surface area (Å²) in [5, 5.41) is 11.5. The molecule has 0 rings (SSSR count). The Hall–Kier alpha value is -1.10. The third kappa shape index (κ3) is 7.74. The first kappa shape index (κ1) is 15.9. The topological polar surface area (TPSA) is 92.4 Å². The number of aliphatic carboxylic acids is 1. The zero-order valence-corrected chi connectivity index (χ0v) is 10.9. The zero-order valence-electron chi connectivity index (χ0n) is 10.9. The molecule has 0 aromatic heterocycles. The fourth-order valence-corrected chi connectivity index (χ4v) is 1.68. The van der Waals surface area contributed by atoms with Gasteiger partial charge in [0.15, 0.2) is 0 Å². The highest BCUT2D eigenvalue weighted by molar-refractivity contribution is 5.78. The summed E-state index contributed by atoms with van der Waals surface area (Å²) in [6.07, 6.45) is 0.888. The highest BCUT2D eigenvalue weighted by Gasteiger charge is 2.17. The van der Waals surface area contributed by atoms with E-state index in [4.69, 9.17) is 10.8 Å². The van der Waals surface area contributed by atoms with Crippen LogP contribution in [0.1, 0.15) is 33.6 Å². The van der Waals surface area contributed by atoms with Crippen molar-refractivity contribution >= 4 is 11.9 Å². The number of carbonyl (C=O) groups is 2. The summed E-state index contributed by atoms with van der Waals surface area (Å²) in [6, 6.07) is 0. The van der Waals surface area contributed by atoms with Crippen LogP contribution in [0.5, 0.6) is 0 Å². The lowest BCUT2D eigenvalue weighted by atomic mass is 9.94. The van der Waals surface area contributed by atoms with Gasteiger partial charge in [0.05, 0.1) is 0 Å². The van der Waals surface area contributed by atoms with Gasteiger partial charge in [-0.05, 0) is 18.3 Å². The molecule has 0 aliphatic heterocycles. The Labute approximate surface area is 103 Å². The van der Waals surface area contributed by atoms with Crippen LogP contribution in [0.2, 0.25) is 0 Å². The average molecular weight is 244 g/mol. The molecule has 100 valence electrons. The largest absolute Gasteiger partial charge is 0.481 e. The first-order chi connectivity index (χ1) is 7.86. The number of hydrogen-bond acceptors (Lipinski definition) is 3. The highest BCUT2D eigenvalue weighted by Crippen LogP contribution is 2.14. The summed E-state index contributed by atoms with van der Waals surface area (Å²) in [7, 11) is 0. The average Bonchev–Trinajstić information content (AvgIpc) is 2.22. The van der Waals surface area contributed by atoms with Gasteiger partial charge in [-0.15, -0.1) is 0 Å². The van der Waals surface area contributed by atoms with Crippen molar-refractivity contribution in [3.05, 3.63) is 0 Å². The van der Waals surface area contributed by atoms with E-state index in [1.54, 1.807) is 6.92 Å². The molecule has 0 aromatic rings. The maximum absolute atomic E-state index is 11.5. The van der Waals surface area contributed by atoms with Crippen molar-refractivity contribution < 1.29 is 14.7 Å². The van der Waals surface area contributed by atoms with Gasteiger partial charge in [0.25, 0.3) is 0 Å². The summed E-state index contributed by atoms with van der Waals surface area (Å²) in [6.45, 7) is 6.55. The van der Waals surface area contributed by atoms with Crippen LogP contribution in [-0.2, 0) is 9.59 Å². The molecule has 5 heteroatoms. The summed E-state index contributed by atoms with van der Waals surface area (Å²) in [4.78, 5) is 22.2. The van der Waals surface area contributed by atoms with Crippen LogP contribution in [0.4, 0.5) is 0 Å². The van der Waals surface area contributed by atoms with Crippen molar-refractivity contribution in [2.75, 3.05) is 13.1 Å². The van der Waals surface area contributed by atoms with E-state index in [1.165, 1.54) is 0 Å². The van der Waals surface area contributed by atoms with Gasteiger partial charge in [0.1, 0.15) is 0 Å². The standard InChI is InChI=1S/C12H24N2O3/c1-8(2)4-10(5-11(15)16)7-14-12(17)9(3)6-13/h8-10H,4-7,13H2,1-3H3,(H,14,17)(H,15,16). The van der Waals surface area contributed by atoms with Gasteiger partial charge in [-0.3, -0.25) is 9.59 Å². The molecular weight excluding hydrogens is 220 g/mol. The normalized spacial score (nSPS) is 14.4. The quantitative estimate of drug-likeness (QED) is 0.589. The summed E-state index contributed by atoms with van der Waals surface area (Å²) in [5.41, 5.74) is 5.39. The molecule has 0 heterocycles. The number of amides is 1. The summed E-state index contributed by atoms with van der Waals surface area (Å²) in [5.74, 6) is -0.743. The van der Waals surface area contributed by atoms with Crippen molar-refractivity contribution in [1.82, 2.24) is 5.32 Å². The lowest BCUT2D eigenvalue weighted by Crippen LogP contribution is -2.37. The molecule has 0 spiro atoms. The minimum Gasteiger partial charge on any atom is -0.481 e. The van der Waals surface area contributed by atoms with Crippen LogP contribution in [0.15, 0.2) is 0 Å². The third-order valence-electron chi connectivity index (χ3n) is 2.63. The lowest BCUT2D eigenvalue weighted by Gasteiger charge is -2.19. The second-order valence-electron chi connectivity index (χ2n) is 4.98. The van der Waals surface area contributed by atoms with Crippen molar-refractivity contribution in [2.24, 2.45) is 23.5 Å². The van der Waals surface area contributed by atoms with Crippen molar-refractivity contribution in [3.8, 4) is 0 Å². The fraction of sp³-hybridized carbons (Fsp3) is 0.833. The Balaban J connectivity index is 4.15.